The van der Waals surface area contributed by atoms with Gasteiger partial charge < -0.3 is 4.42 Å². The van der Waals surface area contributed by atoms with Crippen molar-refractivity contribution in [1.82, 2.24) is 0 Å². The second kappa shape index (κ2) is 14.6. The van der Waals surface area contributed by atoms with Gasteiger partial charge in [-0.25, -0.2) is 0 Å². The normalized spacial score (nSPS) is 11.8. The molecule has 0 amide bonds. The van der Waals surface area contributed by atoms with Crippen molar-refractivity contribution in [2.45, 2.75) is 6.92 Å². The van der Waals surface area contributed by atoms with E-state index in [1.165, 1.54) is 71.3 Å². The first-order valence-corrected chi connectivity index (χ1v) is 20.7. The Kier molecular flexibility index (Phi) is 8.60. The van der Waals surface area contributed by atoms with Crippen molar-refractivity contribution in [2.24, 2.45) is 0 Å². The van der Waals surface area contributed by atoms with Crippen LogP contribution >= 0.6 is 0 Å². The van der Waals surface area contributed by atoms with Crippen molar-refractivity contribution in [2.75, 3.05) is 0 Å². The van der Waals surface area contributed by atoms with Crippen LogP contribution in [0.15, 0.2) is 211 Å². The van der Waals surface area contributed by atoms with Gasteiger partial charge in [-0.2, -0.15) is 0 Å². The van der Waals surface area contributed by atoms with E-state index in [4.69, 9.17) is 4.42 Å². The van der Waals surface area contributed by atoms with Crippen LogP contribution in [0.2, 0.25) is 0 Å². The van der Waals surface area contributed by atoms with Gasteiger partial charge in [-0.05, 0) is 130 Å². The van der Waals surface area contributed by atoms with Gasteiger partial charge in [0.2, 0.25) is 0 Å². The standard InChI is InChI=1S/C59H40O/c1-3-19-44-43(4-2)58(50-31-16-15-30-49(50)56(44)41-25-17-24-40(36-41)38-20-7-5-8-21-38)52-32-18-33-53-59(52)51-35-34-42(37-54(51)60-53)57-47-28-13-11-26-45(47)55(39-22-9-6-10-23-39)46-27-12-14-29-48(46)57/h3-37H,2H2,1H3/b19-3-. The molecule has 0 aliphatic heterocycles. The van der Waals surface area contributed by atoms with Gasteiger partial charge in [0.05, 0.1) is 0 Å². The lowest BCUT2D eigenvalue weighted by atomic mass is 9.82. The molecule has 11 aromatic rings. The summed E-state index contributed by atoms with van der Waals surface area (Å²) >= 11 is 0. The van der Waals surface area contributed by atoms with E-state index in [1.807, 2.05) is 6.08 Å². The minimum atomic E-state index is 0.861. The smallest absolute Gasteiger partial charge is 0.136 e. The van der Waals surface area contributed by atoms with Crippen molar-refractivity contribution in [3.8, 4) is 55.6 Å². The van der Waals surface area contributed by atoms with Gasteiger partial charge in [0, 0.05) is 10.8 Å². The molecule has 0 bridgehead atoms. The van der Waals surface area contributed by atoms with E-state index in [9.17, 15) is 0 Å². The van der Waals surface area contributed by atoms with Crippen LogP contribution in [-0.2, 0) is 0 Å². The Balaban J connectivity index is 1.15. The van der Waals surface area contributed by atoms with Crippen molar-refractivity contribution < 1.29 is 4.42 Å². The van der Waals surface area contributed by atoms with Gasteiger partial charge in [0.25, 0.3) is 0 Å². The summed E-state index contributed by atoms with van der Waals surface area (Å²) in [5.41, 5.74) is 15.8. The zero-order valence-corrected chi connectivity index (χ0v) is 33.3. The summed E-state index contributed by atoms with van der Waals surface area (Å²) in [6.07, 6.45) is 6.42. The maximum absolute atomic E-state index is 6.87. The maximum atomic E-state index is 6.87. The molecule has 11 rings (SSSR count). The highest BCUT2D eigenvalue weighted by Crippen LogP contribution is 2.49. The third-order valence-electron chi connectivity index (χ3n) is 12.1. The summed E-state index contributed by atoms with van der Waals surface area (Å²) in [4.78, 5) is 0. The Labute approximate surface area is 349 Å². The second-order valence-electron chi connectivity index (χ2n) is 15.5. The van der Waals surface area contributed by atoms with Gasteiger partial charge in [-0.15, -0.1) is 0 Å². The van der Waals surface area contributed by atoms with E-state index in [2.05, 4.69) is 220 Å². The van der Waals surface area contributed by atoms with Crippen LogP contribution in [0.3, 0.4) is 0 Å². The fraction of sp³-hybridized carbons (Fsp3) is 0.0169. The molecule has 1 heterocycles. The van der Waals surface area contributed by atoms with Gasteiger partial charge >= 0.3 is 0 Å². The number of furan rings is 1. The molecule has 0 aliphatic carbocycles. The van der Waals surface area contributed by atoms with Crippen LogP contribution in [0, 0.1) is 0 Å². The first kappa shape index (κ1) is 35.4. The quantitative estimate of drug-likeness (QED) is 0.147. The largest absolute Gasteiger partial charge is 0.456 e. The maximum Gasteiger partial charge on any atom is 0.136 e. The molecular formula is C59H40O. The Hall–Kier alpha value is -7.74. The second-order valence-corrected chi connectivity index (χ2v) is 15.5. The molecule has 0 fully saturated rings. The van der Waals surface area contributed by atoms with Gasteiger partial charge in [0.15, 0.2) is 0 Å². The highest BCUT2D eigenvalue weighted by molar-refractivity contribution is 6.23. The van der Waals surface area contributed by atoms with Crippen LogP contribution in [0.5, 0.6) is 0 Å². The van der Waals surface area contributed by atoms with Crippen molar-refractivity contribution in [3.05, 3.63) is 218 Å². The average molecular weight is 765 g/mol. The summed E-state index contributed by atoms with van der Waals surface area (Å²) in [5, 5.41) is 9.48. The lowest BCUT2D eigenvalue weighted by molar-refractivity contribution is 0.669. The highest BCUT2D eigenvalue weighted by Gasteiger charge is 2.23. The summed E-state index contributed by atoms with van der Waals surface area (Å²) in [6.45, 7) is 6.55. The number of hydrogen-bond acceptors (Lipinski definition) is 1. The molecule has 60 heavy (non-hydrogen) atoms. The predicted octanol–water partition coefficient (Wildman–Crippen LogP) is 17.1. The third kappa shape index (κ3) is 5.62. The molecule has 0 N–H and O–H groups in total. The molecule has 282 valence electrons. The van der Waals surface area contributed by atoms with Crippen molar-refractivity contribution in [1.29, 1.82) is 0 Å². The summed E-state index contributed by atoms with van der Waals surface area (Å²) in [7, 11) is 0. The van der Waals surface area contributed by atoms with Gasteiger partial charge in [-0.3, -0.25) is 0 Å². The van der Waals surface area contributed by atoms with E-state index in [0.717, 1.165) is 49.8 Å². The monoisotopic (exact) mass is 764 g/mol. The molecule has 0 saturated heterocycles. The Morgan fingerprint density at radius 2 is 0.867 bits per heavy atom. The molecule has 1 heteroatoms. The number of hydrogen-bond donors (Lipinski definition) is 0. The molecule has 0 saturated carbocycles. The van der Waals surface area contributed by atoms with Gasteiger partial charge in [0.1, 0.15) is 11.2 Å². The zero-order valence-electron chi connectivity index (χ0n) is 33.3. The fourth-order valence-electron chi connectivity index (χ4n) is 9.66. The van der Waals surface area contributed by atoms with Crippen LogP contribution in [0.1, 0.15) is 18.1 Å². The number of rotatable bonds is 7. The number of allylic oxidation sites excluding steroid dienone is 1. The molecular weight excluding hydrogens is 725 g/mol. The lowest BCUT2D eigenvalue weighted by Gasteiger charge is -2.21. The van der Waals surface area contributed by atoms with E-state index < -0.39 is 0 Å². The lowest BCUT2D eigenvalue weighted by Crippen LogP contribution is -1.97. The minimum Gasteiger partial charge on any atom is -0.456 e. The molecule has 0 radical (unpaired) electrons. The van der Waals surface area contributed by atoms with Crippen LogP contribution < -0.4 is 0 Å². The molecule has 1 nitrogen and oxygen atoms in total. The first-order valence-electron chi connectivity index (χ1n) is 20.7. The molecule has 0 aliphatic rings. The Morgan fingerprint density at radius 3 is 1.48 bits per heavy atom. The number of benzene rings is 10. The zero-order chi connectivity index (χ0) is 40.2. The van der Waals surface area contributed by atoms with Crippen LogP contribution in [-0.4, -0.2) is 0 Å². The van der Waals surface area contributed by atoms with E-state index in [1.54, 1.807) is 0 Å². The number of fused-ring (bicyclic) bond motifs is 6. The molecule has 10 aromatic carbocycles. The minimum absolute atomic E-state index is 0.861. The molecule has 0 unspecified atom stereocenters. The van der Waals surface area contributed by atoms with Crippen LogP contribution in [0.4, 0.5) is 0 Å². The molecule has 0 atom stereocenters. The van der Waals surface area contributed by atoms with Crippen molar-refractivity contribution >= 4 is 66.4 Å². The fourth-order valence-corrected chi connectivity index (χ4v) is 9.66. The van der Waals surface area contributed by atoms with E-state index in [0.29, 0.717) is 0 Å². The first-order chi connectivity index (χ1) is 29.7. The molecule has 0 spiro atoms. The highest BCUT2D eigenvalue weighted by atomic mass is 16.3. The average Bonchev–Trinajstić information content (AvgIpc) is 3.69. The topological polar surface area (TPSA) is 13.1 Å². The SMILES string of the molecule is C=Cc1c(/C=C\C)c(-c2cccc(-c3ccccc3)c2)c2ccccc2c1-c1cccc2oc3cc(-c4c5ccccc5c(-c5ccccc5)c5ccccc45)ccc3c12. The Morgan fingerprint density at radius 1 is 0.367 bits per heavy atom. The third-order valence-corrected chi connectivity index (χ3v) is 12.1. The van der Waals surface area contributed by atoms with E-state index >= 15 is 0 Å². The summed E-state index contributed by atoms with van der Waals surface area (Å²) in [5.74, 6) is 0. The van der Waals surface area contributed by atoms with Gasteiger partial charge in [-0.1, -0.05) is 195 Å². The van der Waals surface area contributed by atoms with Crippen LogP contribution in [0.25, 0.3) is 122 Å². The van der Waals surface area contributed by atoms with Crippen molar-refractivity contribution in [3.63, 3.8) is 0 Å². The molecule has 1 aromatic heterocycles. The Bertz CT molecular complexity index is 3440. The van der Waals surface area contributed by atoms with E-state index in [-0.39, 0.29) is 0 Å². The summed E-state index contributed by atoms with van der Waals surface area (Å²) < 4.78 is 6.87. The predicted molar refractivity (Wildman–Crippen MR) is 258 cm³/mol. The summed E-state index contributed by atoms with van der Waals surface area (Å²) in [6, 6.07) is 70.0.